The van der Waals surface area contributed by atoms with Crippen LogP contribution in [0.15, 0.2) is 24.3 Å². The summed E-state index contributed by atoms with van der Waals surface area (Å²) in [5.74, 6) is -0.289. The van der Waals surface area contributed by atoms with E-state index < -0.39 is 5.97 Å². The van der Waals surface area contributed by atoms with Crippen LogP contribution < -0.4 is 5.32 Å². The van der Waals surface area contributed by atoms with Gasteiger partial charge >= 0.3 is 5.97 Å². The zero-order valence-electron chi connectivity index (χ0n) is 10.9. The summed E-state index contributed by atoms with van der Waals surface area (Å²) >= 11 is 0. The number of carbonyl (C=O) groups is 1. The molecule has 1 aromatic carbocycles. The third-order valence-electron chi connectivity index (χ3n) is 3.70. The van der Waals surface area contributed by atoms with Crippen molar-refractivity contribution in [2.24, 2.45) is 5.92 Å². The topological polar surface area (TPSA) is 49.3 Å². The number of carboxylic acids is 1. The van der Waals surface area contributed by atoms with E-state index in [2.05, 4.69) is 36.5 Å². The second kappa shape index (κ2) is 5.89. The summed E-state index contributed by atoms with van der Waals surface area (Å²) in [5, 5.41) is 12.3. The van der Waals surface area contributed by atoms with Gasteiger partial charge in [0.15, 0.2) is 0 Å². The van der Waals surface area contributed by atoms with Crippen LogP contribution in [0.3, 0.4) is 0 Å². The molecule has 1 fully saturated rings. The van der Waals surface area contributed by atoms with Crippen LogP contribution in [0.4, 0.5) is 5.69 Å². The Morgan fingerprint density at radius 1 is 1.33 bits per heavy atom. The molecule has 0 heterocycles. The minimum Gasteiger partial charge on any atom is -0.481 e. The van der Waals surface area contributed by atoms with Crippen LogP contribution in [0, 0.1) is 12.8 Å². The lowest BCUT2D eigenvalue weighted by Gasteiger charge is -2.29. The number of rotatable bonds is 4. The highest BCUT2D eigenvalue weighted by Crippen LogP contribution is 2.28. The highest BCUT2D eigenvalue weighted by molar-refractivity contribution is 5.67. The van der Waals surface area contributed by atoms with E-state index >= 15 is 0 Å². The van der Waals surface area contributed by atoms with E-state index in [0.29, 0.717) is 18.4 Å². The summed E-state index contributed by atoms with van der Waals surface area (Å²) in [7, 11) is 0. The second-order valence-electron chi connectivity index (χ2n) is 5.33. The number of nitrogens with one attached hydrogen (secondary N) is 1. The first-order chi connectivity index (χ1) is 8.63. The van der Waals surface area contributed by atoms with Gasteiger partial charge in [-0.25, -0.2) is 0 Å². The number of aryl methyl sites for hydroxylation is 1. The number of aliphatic carboxylic acids is 1. The van der Waals surface area contributed by atoms with Gasteiger partial charge < -0.3 is 10.4 Å². The van der Waals surface area contributed by atoms with Gasteiger partial charge in [0.2, 0.25) is 0 Å². The molecule has 0 saturated heterocycles. The molecular weight excluding hydrogens is 226 g/mol. The third kappa shape index (κ3) is 3.76. The molecule has 3 nitrogen and oxygen atoms in total. The van der Waals surface area contributed by atoms with Gasteiger partial charge in [0.25, 0.3) is 0 Å². The third-order valence-corrected chi connectivity index (χ3v) is 3.70. The largest absolute Gasteiger partial charge is 0.481 e. The standard InChI is InChI=1S/C15H21NO2/c1-11-3-2-4-14(9-11)16-13-7-5-12(6-8-13)10-15(17)18/h2-4,9,12-13,16H,5-8,10H2,1H3,(H,17,18). The molecule has 0 atom stereocenters. The predicted molar refractivity (Wildman–Crippen MR) is 72.8 cm³/mol. The Morgan fingerprint density at radius 3 is 2.67 bits per heavy atom. The number of hydrogen-bond acceptors (Lipinski definition) is 2. The molecule has 2 rings (SSSR count). The predicted octanol–water partition coefficient (Wildman–Crippen LogP) is 3.44. The normalized spacial score (nSPS) is 23.6. The lowest BCUT2D eigenvalue weighted by Crippen LogP contribution is -2.27. The van der Waals surface area contributed by atoms with Crippen LogP contribution in [0.25, 0.3) is 0 Å². The minimum atomic E-state index is -0.662. The van der Waals surface area contributed by atoms with E-state index in [1.807, 2.05) is 0 Å². The highest BCUT2D eigenvalue weighted by Gasteiger charge is 2.22. The van der Waals surface area contributed by atoms with Crippen LogP contribution in [0.5, 0.6) is 0 Å². The maximum Gasteiger partial charge on any atom is 0.303 e. The van der Waals surface area contributed by atoms with Crippen molar-refractivity contribution >= 4 is 11.7 Å². The van der Waals surface area contributed by atoms with Crippen molar-refractivity contribution < 1.29 is 9.90 Å². The molecular formula is C15H21NO2. The van der Waals surface area contributed by atoms with Crippen LogP contribution in [-0.4, -0.2) is 17.1 Å². The van der Waals surface area contributed by atoms with Gasteiger partial charge in [0, 0.05) is 18.2 Å². The molecule has 0 aromatic heterocycles. The van der Waals surface area contributed by atoms with Gasteiger partial charge in [0.05, 0.1) is 0 Å². The van der Waals surface area contributed by atoms with E-state index in [4.69, 9.17) is 5.11 Å². The maximum atomic E-state index is 10.7. The zero-order chi connectivity index (χ0) is 13.0. The van der Waals surface area contributed by atoms with Crippen molar-refractivity contribution in [2.75, 3.05) is 5.32 Å². The second-order valence-corrected chi connectivity index (χ2v) is 5.33. The molecule has 0 amide bonds. The number of benzene rings is 1. The van der Waals surface area contributed by atoms with E-state index in [1.54, 1.807) is 0 Å². The van der Waals surface area contributed by atoms with Gasteiger partial charge in [-0.05, 0) is 56.2 Å². The Morgan fingerprint density at radius 2 is 2.06 bits per heavy atom. The first kappa shape index (κ1) is 12.9. The molecule has 0 bridgehead atoms. The molecule has 0 aliphatic heterocycles. The van der Waals surface area contributed by atoms with Crippen molar-refractivity contribution in [2.45, 2.75) is 45.1 Å². The number of carboxylic acid groups (broad SMARTS) is 1. The Hall–Kier alpha value is -1.51. The van der Waals surface area contributed by atoms with Gasteiger partial charge in [0.1, 0.15) is 0 Å². The van der Waals surface area contributed by atoms with Crippen molar-refractivity contribution in [1.82, 2.24) is 0 Å². The fraction of sp³-hybridized carbons (Fsp3) is 0.533. The lowest BCUT2D eigenvalue weighted by atomic mass is 9.84. The smallest absolute Gasteiger partial charge is 0.303 e. The first-order valence-corrected chi connectivity index (χ1v) is 6.68. The van der Waals surface area contributed by atoms with Gasteiger partial charge in [-0.15, -0.1) is 0 Å². The van der Waals surface area contributed by atoms with E-state index in [1.165, 1.54) is 11.3 Å². The first-order valence-electron chi connectivity index (χ1n) is 6.68. The average Bonchev–Trinajstić information content (AvgIpc) is 2.31. The van der Waals surface area contributed by atoms with Crippen LogP contribution in [0.2, 0.25) is 0 Å². The molecule has 2 N–H and O–H groups in total. The Balaban J connectivity index is 1.81. The highest BCUT2D eigenvalue weighted by atomic mass is 16.4. The molecule has 3 heteroatoms. The molecule has 0 unspecified atom stereocenters. The van der Waals surface area contributed by atoms with E-state index in [0.717, 1.165) is 25.7 Å². The van der Waals surface area contributed by atoms with Gasteiger partial charge in [-0.3, -0.25) is 4.79 Å². The summed E-state index contributed by atoms with van der Waals surface area (Å²) in [6, 6.07) is 8.90. The molecule has 0 spiro atoms. The molecule has 1 saturated carbocycles. The Kier molecular flexibility index (Phi) is 4.24. The van der Waals surface area contributed by atoms with Crippen molar-refractivity contribution in [3.8, 4) is 0 Å². The van der Waals surface area contributed by atoms with Crippen molar-refractivity contribution in [1.29, 1.82) is 0 Å². The molecule has 1 aliphatic carbocycles. The molecule has 1 aliphatic rings. The van der Waals surface area contributed by atoms with Crippen molar-refractivity contribution in [3.05, 3.63) is 29.8 Å². The van der Waals surface area contributed by atoms with Gasteiger partial charge in [-0.1, -0.05) is 12.1 Å². The summed E-state index contributed by atoms with van der Waals surface area (Å²) in [4.78, 5) is 10.7. The SMILES string of the molecule is Cc1cccc(NC2CCC(CC(=O)O)CC2)c1. The van der Waals surface area contributed by atoms with Crippen molar-refractivity contribution in [3.63, 3.8) is 0 Å². The quantitative estimate of drug-likeness (QED) is 0.856. The molecule has 0 radical (unpaired) electrons. The molecule has 1 aromatic rings. The van der Waals surface area contributed by atoms with Crippen LogP contribution in [0.1, 0.15) is 37.7 Å². The summed E-state index contributed by atoms with van der Waals surface area (Å²) in [5.41, 5.74) is 2.44. The molecule has 98 valence electrons. The van der Waals surface area contributed by atoms with E-state index in [9.17, 15) is 4.79 Å². The number of anilines is 1. The summed E-state index contributed by atoms with van der Waals surface area (Å²) in [6.45, 7) is 2.09. The summed E-state index contributed by atoms with van der Waals surface area (Å²) < 4.78 is 0. The zero-order valence-corrected chi connectivity index (χ0v) is 10.9. The Bertz CT molecular complexity index is 409. The maximum absolute atomic E-state index is 10.7. The van der Waals surface area contributed by atoms with Gasteiger partial charge in [-0.2, -0.15) is 0 Å². The molecule has 18 heavy (non-hydrogen) atoms. The van der Waals surface area contributed by atoms with E-state index in [-0.39, 0.29) is 0 Å². The fourth-order valence-electron chi connectivity index (χ4n) is 2.73. The fourth-order valence-corrected chi connectivity index (χ4v) is 2.73. The van der Waals surface area contributed by atoms with Crippen LogP contribution >= 0.6 is 0 Å². The van der Waals surface area contributed by atoms with Crippen LogP contribution in [-0.2, 0) is 4.79 Å². The Labute approximate surface area is 108 Å². The summed E-state index contributed by atoms with van der Waals surface area (Å²) in [6.07, 6.45) is 4.53. The number of hydrogen-bond donors (Lipinski definition) is 2. The monoisotopic (exact) mass is 247 g/mol. The average molecular weight is 247 g/mol. The lowest BCUT2D eigenvalue weighted by molar-refractivity contribution is -0.138. The minimum absolute atomic E-state index is 0.331.